The fourth-order valence-electron chi connectivity index (χ4n) is 4.39. The predicted octanol–water partition coefficient (Wildman–Crippen LogP) is 6.33. The second-order valence-corrected chi connectivity index (χ2v) is 9.86. The maximum absolute atomic E-state index is 12.5. The van der Waals surface area contributed by atoms with E-state index in [1.54, 1.807) is 0 Å². The lowest BCUT2D eigenvalue weighted by Gasteiger charge is -2.19. The summed E-state index contributed by atoms with van der Waals surface area (Å²) in [6, 6.07) is 19.9. The van der Waals surface area contributed by atoms with Gasteiger partial charge in [0, 0.05) is 19.3 Å². The quantitative estimate of drug-likeness (QED) is 0.175. The van der Waals surface area contributed by atoms with E-state index in [4.69, 9.17) is 14.2 Å². The van der Waals surface area contributed by atoms with Crippen LogP contribution < -0.4 is 0 Å². The van der Waals surface area contributed by atoms with Crippen molar-refractivity contribution < 1.29 is 28.6 Å². The molecular formula is C33H40O6. The minimum atomic E-state index is -0.828. The highest BCUT2D eigenvalue weighted by atomic mass is 16.6. The Morgan fingerprint density at radius 3 is 1.74 bits per heavy atom. The molecule has 0 saturated heterocycles. The van der Waals surface area contributed by atoms with E-state index in [2.05, 4.69) is 12.2 Å². The first-order valence-electron chi connectivity index (χ1n) is 14.0. The van der Waals surface area contributed by atoms with E-state index in [1.807, 2.05) is 72.8 Å². The van der Waals surface area contributed by atoms with E-state index in [1.165, 1.54) is 0 Å². The van der Waals surface area contributed by atoms with E-state index in [-0.39, 0.29) is 50.4 Å². The van der Waals surface area contributed by atoms with E-state index in [9.17, 15) is 14.4 Å². The van der Waals surface area contributed by atoms with Gasteiger partial charge in [-0.2, -0.15) is 0 Å². The zero-order valence-corrected chi connectivity index (χ0v) is 22.7. The Hall–Kier alpha value is -3.67. The first-order chi connectivity index (χ1) is 19.1. The van der Waals surface area contributed by atoms with E-state index in [0.29, 0.717) is 25.2 Å². The molecule has 2 aromatic rings. The van der Waals surface area contributed by atoms with Gasteiger partial charge in [-0.15, -0.1) is 0 Å². The summed E-state index contributed by atoms with van der Waals surface area (Å²) >= 11 is 0. The molecule has 1 aliphatic rings. The Morgan fingerprint density at radius 1 is 0.692 bits per heavy atom. The maximum atomic E-state index is 12.5. The smallest absolute Gasteiger partial charge is 0.306 e. The van der Waals surface area contributed by atoms with Gasteiger partial charge < -0.3 is 14.2 Å². The molecule has 1 unspecified atom stereocenters. The number of benzene rings is 2. The molecule has 6 heteroatoms. The fraction of sp³-hybridized carbons (Fsp3) is 0.424. The number of ether oxygens (including phenoxy) is 3. The highest BCUT2D eigenvalue weighted by Gasteiger charge is 2.20. The molecule has 1 aliphatic carbocycles. The average Bonchev–Trinajstić information content (AvgIpc) is 2.96. The number of carbonyl (C=O) groups excluding carboxylic acids is 3. The summed E-state index contributed by atoms with van der Waals surface area (Å²) in [6.07, 6.45) is 13.8. The maximum Gasteiger partial charge on any atom is 0.306 e. The molecule has 3 rings (SSSR count). The summed E-state index contributed by atoms with van der Waals surface area (Å²) in [6.45, 7) is -0.271. The molecule has 6 nitrogen and oxygen atoms in total. The van der Waals surface area contributed by atoms with Crippen LogP contribution in [0.5, 0.6) is 0 Å². The molecule has 0 saturated carbocycles. The molecule has 39 heavy (non-hydrogen) atoms. The van der Waals surface area contributed by atoms with E-state index in [0.717, 1.165) is 36.8 Å². The van der Waals surface area contributed by atoms with Crippen molar-refractivity contribution >= 4 is 17.9 Å². The molecular weight excluding hydrogens is 492 g/mol. The lowest BCUT2D eigenvalue weighted by molar-refractivity contribution is -0.167. The first-order valence-corrected chi connectivity index (χ1v) is 14.0. The van der Waals surface area contributed by atoms with E-state index >= 15 is 0 Å². The third kappa shape index (κ3) is 13.1. The number of hydrogen-bond acceptors (Lipinski definition) is 6. The van der Waals surface area contributed by atoms with Crippen molar-refractivity contribution in [3.05, 3.63) is 96.1 Å². The van der Waals surface area contributed by atoms with Crippen molar-refractivity contribution in [3.63, 3.8) is 0 Å². The largest absolute Gasteiger partial charge is 0.462 e. The van der Waals surface area contributed by atoms with Crippen LogP contribution in [0.25, 0.3) is 0 Å². The van der Waals surface area contributed by atoms with Crippen molar-refractivity contribution in [1.82, 2.24) is 0 Å². The third-order valence-corrected chi connectivity index (χ3v) is 6.56. The van der Waals surface area contributed by atoms with Crippen molar-refractivity contribution in [2.75, 3.05) is 13.2 Å². The molecule has 2 aromatic carbocycles. The van der Waals surface area contributed by atoms with Crippen LogP contribution in [0.2, 0.25) is 0 Å². The number of rotatable bonds is 17. The van der Waals surface area contributed by atoms with Crippen LogP contribution in [0.4, 0.5) is 0 Å². The van der Waals surface area contributed by atoms with Crippen LogP contribution in [0.15, 0.2) is 85.0 Å². The Bertz CT molecular complexity index is 999. The van der Waals surface area contributed by atoms with Crippen molar-refractivity contribution in [2.24, 2.45) is 5.92 Å². The van der Waals surface area contributed by atoms with Gasteiger partial charge in [0.1, 0.15) is 13.2 Å². The summed E-state index contributed by atoms with van der Waals surface area (Å²) in [5.74, 6) is -0.667. The molecule has 1 atom stereocenters. The zero-order chi connectivity index (χ0) is 27.5. The molecule has 0 radical (unpaired) electrons. The zero-order valence-electron chi connectivity index (χ0n) is 22.7. The van der Waals surface area contributed by atoms with Gasteiger partial charge in [-0.05, 0) is 62.0 Å². The van der Waals surface area contributed by atoms with Gasteiger partial charge >= 0.3 is 17.9 Å². The summed E-state index contributed by atoms with van der Waals surface area (Å²) < 4.78 is 16.3. The average molecular weight is 533 g/mol. The minimum absolute atomic E-state index is 0.136. The second-order valence-electron chi connectivity index (χ2n) is 9.86. The molecule has 0 bridgehead atoms. The fourth-order valence-corrected chi connectivity index (χ4v) is 4.39. The van der Waals surface area contributed by atoms with Gasteiger partial charge in [0.25, 0.3) is 0 Å². The van der Waals surface area contributed by atoms with Gasteiger partial charge in [-0.3, -0.25) is 14.4 Å². The number of esters is 3. The van der Waals surface area contributed by atoms with Crippen molar-refractivity contribution in [1.29, 1.82) is 0 Å². The van der Waals surface area contributed by atoms with Crippen LogP contribution in [0.3, 0.4) is 0 Å². The molecule has 0 N–H and O–H groups in total. The standard InChI is InChI=1S/C33H40O6/c34-31(22-10-19-27-13-4-1-5-14-27)37-25-30(39-33(36)24-12-21-29-17-8-3-9-18-29)26-38-32(35)23-11-20-28-15-6-2-7-16-28/h1-9,13-17,29-30H,10-12,18-26H2. The molecule has 0 heterocycles. The van der Waals surface area contributed by atoms with Gasteiger partial charge in [0.2, 0.25) is 0 Å². The van der Waals surface area contributed by atoms with Crippen molar-refractivity contribution in [3.8, 4) is 0 Å². The lowest BCUT2D eigenvalue weighted by Crippen LogP contribution is -2.31. The summed E-state index contributed by atoms with van der Waals surface area (Å²) in [7, 11) is 0. The Morgan fingerprint density at radius 2 is 1.23 bits per heavy atom. The van der Waals surface area contributed by atoms with Gasteiger partial charge in [0.05, 0.1) is 0 Å². The molecule has 0 aliphatic heterocycles. The molecule has 208 valence electrons. The van der Waals surface area contributed by atoms with Crippen LogP contribution >= 0.6 is 0 Å². The molecule has 0 spiro atoms. The third-order valence-electron chi connectivity index (χ3n) is 6.56. The number of aryl methyl sites for hydroxylation is 2. The van der Waals surface area contributed by atoms with Crippen LogP contribution in [-0.2, 0) is 41.4 Å². The summed E-state index contributed by atoms with van der Waals surface area (Å²) in [5, 5.41) is 0. The highest BCUT2D eigenvalue weighted by Crippen LogP contribution is 2.18. The Balaban J connectivity index is 1.40. The molecule has 0 aromatic heterocycles. The second kappa shape index (κ2) is 17.8. The SMILES string of the molecule is O=C(CCCc1ccccc1)OCC(COC(=O)CCCc1ccccc1)OC(=O)CCCC1C=CC=CC1. The molecule has 0 fully saturated rings. The Labute approximate surface area is 232 Å². The first kappa shape index (κ1) is 29.9. The van der Waals surface area contributed by atoms with Crippen molar-refractivity contribution in [2.45, 2.75) is 70.3 Å². The summed E-state index contributed by atoms with van der Waals surface area (Å²) in [4.78, 5) is 37.1. The Kier molecular flexibility index (Phi) is 13.6. The number of allylic oxidation sites excluding steroid dienone is 4. The van der Waals surface area contributed by atoms with Gasteiger partial charge in [-0.25, -0.2) is 0 Å². The predicted molar refractivity (Wildman–Crippen MR) is 151 cm³/mol. The van der Waals surface area contributed by atoms with Gasteiger partial charge in [0.15, 0.2) is 6.10 Å². The normalized spacial score (nSPS) is 14.2. The highest BCUT2D eigenvalue weighted by molar-refractivity contribution is 5.71. The number of hydrogen-bond donors (Lipinski definition) is 0. The number of carbonyl (C=O) groups is 3. The lowest BCUT2D eigenvalue weighted by atomic mass is 9.95. The van der Waals surface area contributed by atoms with Gasteiger partial charge in [-0.1, -0.05) is 85.0 Å². The molecule has 0 amide bonds. The minimum Gasteiger partial charge on any atom is -0.462 e. The van der Waals surface area contributed by atoms with Crippen LogP contribution in [0, 0.1) is 5.92 Å². The van der Waals surface area contributed by atoms with Crippen LogP contribution in [-0.4, -0.2) is 37.2 Å². The summed E-state index contributed by atoms with van der Waals surface area (Å²) in [5.41, 5.74) is 2.33. The van der Waals surface area contributed by atoms with E-state index < -0.39 is 6.10 Å². The van der Waals surface area contributed by atoms with Crippen LogP contribution in [0.1, 0.15) is 62.5 Å². The monoisotopic (exact) mass is 532 g/mol. The topological polar surface area (TPSA) is 78.9 Å².